The number of hydrogen-bond acceptors (Lipinski definition) is 5. The van der Waals surface area contributed by atoms with Gasteiger partial charge in [0.1, 0.15) is 0 Å². The van der Waals surface area contributed by atoms with Gasteiger partial charge in [0.25, 0.3) is 0 Å². The Morgan fingerprint density at radius 1 is 0.683 bits per heavy atom. The maximum Gasteiger partial charge on any atom is 0.243 e. The molecule has 1 aliphatic carbocycles. The van der Waals surface area contributed by atoms with Crippen molar-refractivity contribution in [2.75, 3.05) is 64.8 Å². The van der Waals surface area contributed by atoms with E-state index < -0.39 is 20.0 Å². The monoisotopic (exact) mass is 605 g/mol. The summed E-state index contributed by atoms with van der Waals surface area (Å²) in [5.74, 6) is 0.703. The van der Waals surface area contributed by atoms with E-state index >= 15 is 0 Å². The Morgan fingerprint density at radius 3 is 1.63 bits per heavy atom. The predicted octanol–water partition coefficient (Wildman–Crippen LogP) is 3.39. The van der Waals surface area contributed by atoms with Crippen molar-refractivity contribution in [3.8, 4) is 0 Å². The summed E-state index contributed by atoms with van der Waals surface area (Å²) >= 11 is 0. The summed E-state index contributed by atoms with van der Waals surface area (Å²) in [6, 6.07) is 14.0. The molecule has 1 saturated carbocycles. The minimum atomic E-state index is -3.71. The minimum absolute atomic E-state index is 0.283. The van der Waals surface area contributed by atoms with Gasteiger partial charge in [0, 0.05) is 64.7 Å². The van der Waals surface area contributed by atoms with Crippen LogP contribution in [-0.2, 0) is 20.0 Å². The molecule has 4 rings (SSSR count). The second-order valence-electron chi connectivity index (χ2n) is 12.0. The molecule has 1 saturated heterocycles. The van der Waals surface area contributed by atoms with E-state index in [2.05, 4.69) is 0 Å². The first-order valence-corrected chi connectivity index (χ1v) is 18.1. The van der Waals surface area contributed by atoms with Crippen molar-refractivity contribution in [1.29, 1.82) is 0 Å². The lowest BCUT2D eigenvalue weighted by atomic mass is 9.89. The molecule has 1 unspecified atom stereocenters. The van der Waals surface area contributed by atoms with Crippen molar-refractivity contribution in [2.24, 2.45) is 5.92 Å². The number of benzene rings is 2. The molecule has 1 heterocycles. The number of hydrogen-bond donors (Lipinski definition) is 1. The van der Waals surface area contributed by atoms with Crippen molar-refractivity contribution in [1.82, 2.24) is 8.61 Å². The quantitative estimate of drug-likeness (QED) is 0.524. The number of nitrogens with one attached hydrogen (secondary N) is 1. The van der Waals surface area contributed by atoms with E-state index in [0.29, 0.717) is 36.9 Å². The Labute approximate surface area is 248 Å². The van der Waals surface area contributed by atoms with Crippen molar-refractivity contribution in [3.05, 3.63) is 54.1 Å². The lowest BCUT2D eigenvalue weighted by Gasteiger charge is -2.30. The molecule has 0 bridgehead atoms. The summed E-state index contributed by atoms with van der Waals surface area (Å²) in [5.41, 5.74) is 1.95. The predicted molar refractivity (Wildman–Crippen MR) is 165 cm³/mol. The molecule has 8 nitrogen and oxygen atoms in total. The fourth-order valence-corrected chi connectivity index (χ4v) is 9.23. The minimum Gasteiger partial charge on any atom is -0.378 e. The van der Waals surface area contributed by atoms with Crippen LogP contribution in [0.3, 0.4) is 0 Å². The van der Waals surface area contributed by atoms with E-state index in [1.54, 1.807) is 32.9 Å². The molecule has 0 spiro atoms. The third-order valence-corrected chi connectivity index (χ3v) is 12.5. The molecule has 41 heavy (non-hydrogen) atoms. The molecule has 1 N–H and O–H groups in total. The Hall–Kier alpha value is -1.98. The fourth-order valence-electron chi connectivity index (χ4n) is 6.19. The molecule has 2 aromatic rings. The highest BCUT2D eigenvalue weighted by molar-refractivity contribution is 7.89. The standard InChI is InChI=1S/C31H48N4O4S2/c1-27-12-16-30(17-13-27)40(36,37)34-22-7-20-33(26-28-10-5-4-6-11-28)21-8-23-35(25-9-24-34)41(38,39)31-18-14-29(15-19-31)32(2)3/h12-19,28H,4-11,20-26H2,1-3H3/p+1. The van der Waals surface area contributed by atoms with Gasteiger partial charge in [-0.2, -0.15) is 8.61 Å². The van der Waals surface area contributed by atoms with Crippen LogP contribution in [0.1, 0.15) is 56.9 Å². The molecular formula is C31H49N4O4S2+. The smallest absolute Gasteiger partial charge is 0.243 e. The molecule has 1 aliphatic heterocycles. The first-order valence-electron chi connectivity index (χ1n) is 15.3. The second-order valence-corrected chi connectivity index (χ2v) is 15.9. The Kier molecular flexibility index (Phi) is 11.3. The lowest BCUT2D eigenvalue weighted by Crippen LogP contribution is -3.12. The molecular weight excluding hydrogens is 556 g/mol. The fraction of sp³-hybridized carbons (Fsp3) is 0.613. The highest BCUT2D eigenvalue weighted by atomic mass is 32.2. The number of nitrogens with zero attached hydrogens (tertiary/aromatic N) is 3. The van der Waals surface area contributed by atoms with Gasteiger partial charge in [-0.1, -0.05) is 37.0 Å². The number of quaternary nitrogens is 1. The summed E-state index contributed by atoms with van der Waals surface area (Å²) in [6.45, 7) is 6.29. The maximum absolute atomic E-state index is 13.8. The molecule has 0 radical (unpaired) electrons. The molecule has 2 fully saturated rings. The number of anilines is 1. The van der Waals surface area contributed by atoms with E-state index in [1.807, 2.05) is 50.2 Å². The molecule has 2 aromatic carbocycles. The molecule has 228 valence electrons. The van der Waals surface area contributed by atoms with Gasteiger partial charge in [0.2, 0.25) is 20.0 Å². The summed E-state index contributed by atoms with van der Waals surface area (Å²) < 4.78 is 58.1. The van der Waals surface area contributed by atoms with E-state index in [-0.39, 0.29) is 11.4 Å². The van der Waals surface area contributed by atoms with Crippen LogP contribution >= 0.6 is 0 Å². The zero-order valence-corrected chi connectivity index (χ0v) is 26.7. The third-order valence-electron chi connectivity index (χ3n) is 8.64. The van der Waals surface area contributed by atoms with Crippen LogP contribution in [-0.4, -0.2) is 85.4 Å². The van der Waals surface area contributed by atoms with Gasteiger partial charge in [0.05, 0.1) is 29.4 Å². The second kappa shape index (κ2) is 14.5. The summed E-state index contributed by atoms with van der Waals surface area (Å²) in [7, 11) is -3.53. The topological polar surface area (TPSA) is 82.4 Å². The van der Waals surface area contributed by atoms with Crippen molar-refractivity contribution in [3.63, 3.8) is 0 Å². The maximum atomic E-state index is 13.8. The largest absolute Gasteiger partial charge is 0.378 e. The van der Waals surface area contributed by atoms with Crippen molar-refractivity contribution in [2.45, 2.75) is 68.1 Å². The summed E-state index contributed by atoms with van der Waals surface area (Å²) in [5, 5.41) is 0. The SMILES string of the molecule is Cc1ccc(S(=O)(=O)N2CCCN(S(=O)(=O)c3ccc(N(C)C)cc3)CCC[NH+](CC3CCCCC3)CCC2)cc1. The van der Waals surface area contributed by atoms with Crippen LogP contribution in [0.25, 0.3) is 0 Å². The van der Waals surface area contributed by atoms with Crippen LogP contribution in [0.15, 0.2) is 58.3 Å². The summed E-state index contributed by atoms with van der Waals surface area (Å²) in [6.07, 6.45) is 8.47. The number of sulfonamides is 2. The number of rotatable bonds is 7. The van der Waals surface area contributed by atoms with Crippen molar-refractivity contribution >= 4 is 25.7 Å². The molecule has 10 heteroatoms. The number of aryl methyl sites for hydroxylation is 1. The average Bonchev–Trinajstić information content (AvgIpc) is 2.95. The van der Waals surface area contributed by atoms with Gasteiger partial charge in [-0.25, -0.2) is 16.8 Å². The van der Waals surface area contributed by atoms with Gasteiger partial charge in [0.15, 0.2) is 0 Å². The molecule has 0 amide bonds. The molecule has 0 aromatic heterocycles. The van der Waals surface area contributed by atoms with E-state index in [9.17, 15) is 16.8 Å². The van der Waals surface area contributed by atoms with E-state index in [1.165, 1.54) is 37.0 Å². The highest BCUT2D eigenvalue weighted by Gasteiger charge is 2.29. The Morgan fingerprint density at radius 2 is 1.15 bits per heavy atom. The molecule has 1 atom stereocenters. The van der Waals surface area contributed by atoms with Crippen LogP contribution in [0, 0.1) is 12.8 Å². The average molecular weight is 606 g/mol. The zero-order valence-electron chi connectivity index (χ0n) is 25.1. The van der Waals surface area contributed by atoms with Crippen LogP contribution < -0.4 is 9.80 Å². The van der Waals surface area contributed by atoms with E-state index in [4.69, 9.17) is 0 Å². The third kappa shape index (κ3) is 8.54. The zero-order chi connectivity index (χ0) is 29.5. The van der Waals surface area contributed by atoms with Crippen LogP contribution in [0.5, 0.6) is 0 Å². The highest BCUT2D eigenvalue weighted by Crippen LogP contribution is 2.23. The first-order chi connectivity index (χ1) is 19.6. The summed E-state index contributed by atoms with van der Waals surface area (Å²) in [4.78, 5) is 4.00. The first kappa shape index (κ1) is 31.9. The van der Waals surface area contributed by atoms with E-state index in [0.717, 1.165) is 43.7 Å². The van der Waals surface area contributed by atoms with Gasteiger partial charge in [-0.15, -0.1) is 0 Å². The van der Waals surface area contributed by atoms with Crippen LogP contribution in [0.2, 0.25) is 0 Å². The van der Waals surface area contributed by atoms with Crippen LogP contribution in [0.4, 0.5) is 5.69 Å². The Balaban J connectivity index is 1.56. The van der Waals surface area contributed by atoms with Gasteiger partial charge >= 0.3 is 0 Å². The van der Waals surface area contributed by atoms with Gasteiger partial charge in [-0.05, 0) is 62.6 Å². The lowest BCUT2D eigenvalue weighted by molar-refractivity contribution is -0.904. The molecule has 2 aliphatic rings. The Bertz CT molecular complexity index is 1310. The normalized spacial score (nSPS) is 21.6. The van der Waals surface area contributed by atoms with Crippen molar-refractivity contribution < 1.29 is 21.7 Å². The van der Waals surface area contributed by atoms with Gasteiger partial charge < -0.3 is 9.80 Å². The van der Waals surface area contributed by atoms with Gasteiger partial charge in [-0.3, -0.25) is 0 Å².